The second kappa shape index (κ2) is 6.45. The first kappa shape index (κ1) is 13.7. The number of nitrogens with two attached hydrogens (primary N) is 1. The van der Waals surface area contributed by atoms with Crippen LogP contribution in [0.1, 0.15) is 26.2 Å². The molecule has 1 fully saturated rings. The molecule has 1 unspecified atom stereocenters. The summed E-state index contributed by atoms with van der Waals surface area (Å²) in [7, 11) is 0. The Balaban J connectivity index is 1.74. The number of carbonyl (C=O) groups is 1. The molecule has 1 aromatic rings. The first-order valence-electron chi connectivity index (χ1n) is 6.95. The number of ether oxygens (including phenoxy) is 1. The van der Waals surface area contributed by atoms with Crippen molar-refractivity contribution in [3.63, 3.8) is 0 Å². The molecule has 0 spiro atoms. The Kier molecular flexibility index (Phi) is 4.66. The van der Waals surface area contributed by atoms with Gasteiger partial charge >= 0.3 is 0 Å². The highest BCUT2D eigenvalue weighted by Crippen LogP contribution is 2.21. The van der Waals surface area contributed by atoms with Crippen LogP contribution in [0.15, 0.2) is 24.3 Å². The molecule has 1 atom stereocenters. The van der Waals surface area contributed by atoms with Crippen molar-refractivity contribution in [2.75, 3.05) is 25.4 Å². The molecule has 0 bridgehead atoms. The number of para-hydroxylation sites is 2. The Morgan fingerprint density at radius 3 is 2.95 bits per heavy atom. The van der Waals surface area contributed by atoms with Crippen LogP contribution in [-0.4, -0.2) is 30.5 Å². The molecule has 4 nitrogen and oxygen atoms in total. The van der Waals surface area contributed by atoms with Crippen molar-refractivity contribution in [2.24, 2.45) is 5.92 Å². The van der Waals surface area contributed by atoms with Crippen LogP contribution in [0.3, 0.4) is 0 Å². The Labute approximate surface area is 114 Å². The van der Waals surface area contributed by atoms with Crippen molar-refractivity contribution in [1.29, 1.82) is 0 Å². The number of nitrogen functional groups attached to an aromatic ring is 1. The summed E-state index contributed by atoms with van der Waals surface area (Å²) in [5, 5.41) is 0. The van der Waals surface area contributed by atoms with Crippen LogP contribution in [0.25, 0.3) is 0 Å². The minimum Gasteiger partial charge on any atom is -0.491 e. The maximum Gasteiger partial charge on any atom is 0.226 e. The Morgan fingerprint density at radius 2 is 2.26 bits per heavy atom. The Bertz CT molecular complexity index is 434. The molecule has 1 aliphatic rings. The van der Waals surface area contributed by atoms with Gasteiger partial charge in [0, 0.05) is 13.1 Å². The molecule has 104 valence electrons. The maximum atomic E-state index is 12.0. The van der Waals surface area contributed by atoms with Gasteiger partial charge in [-0.05, 0) is 24.5 Å². The highest BCUT2D eigenvalue weighted by molar-refractivity contribution is 5.76. The standard InChI is InChI=1S/C15H22N2O2/c1-2-12-7-9-17(11-12)15(18)8-10-19-14-6-4-3-5-13(14)16/h3-6,12H,2,7-11,16H2,1H3. The number of rotatable bonds is 5. The van der Waals surface area contributed by atoms with Crippen molar-refractivity contribution in [3.8, 4) is 5.75 Å². The van der Waals surface area contributed by atoms with E-state index in [1.165, 1.54) is 0 Å². The molecular weight excluding hydrogens is 240 g/mol. The van der Waals surface area contributed by atoms with E-state index in [0.717, 1.165) is 25.9 Å². The molecule has 0 aromatic heterocycles. The lowest BCUT2D eigenvalue weighted by atomic mass is 10.1. The Morgan fingerprint density at radius 1 is 1.47 bits per heavy atom. The highest BCUT2D eigenvalue weighted by Gasteiger charge is 2.24. The van der Waals surface area contributed by atoms with Gasteiger partial charge in [0.25, 0.3) is 0 Å². The van der Waals surface area contributed by atoms with Crippen LogP contribution in [0.5, 0.6) is 5.75 Å². The lowest BCUT2D eigenvalue weighted by Gasteiger charge is -2.16. The first-order valence-corrected chi connectivity index (χ1v) is 6.95. The minimum absolute atomic E-state index is 0.186. The van der Waals surface area contributed by atoms with E-state index in [9.17, 15) is 4.79 Å². The molecule has 2 N–H and O–H groups in total. The van der Waals surface area contributed by atoms with Gasteiger partial charge < -0.3 is 15.4 Å². The lowest BCUT2D eigenvalue weighted by molar-refractivity contribution is -0.130. The fourth-order valence-electron chi connectivity index (χ4n) is 2.41. The van der Waals surface area contributed by atoms with Gasteiger partial charge in [-0.1, -0.05) is 25.5 Å². The van der Waals surface area contributed by atoms with Gasteiger partial charge in [-0.2, -0.15) is 0 Å². The van der Waals surface area contributed by atoms with E-state index in [0.29, 0.717) is 30.4 Å². The summed E-state index contributed by atoms with van der Waals surface area (Å²) in [6, 6.07) is 7.36. The van der Waals surface area contributed by atoms with Gasteiger partial charge in [0.1, 0.15) is 5.75 Å². The largest absolute Gasteiger partial charge is 0.491 e. The smallest absolute Gasteiger partial charge is 0.226 e. The van der Waals surface area contributed by atoms with Gasteiger partial charge in [-0.3, -0.25) is 4.79 Å². The summed E-state index contributed by atoms with van der Waals surface area (Å²) >= 11 is 0. The van der Waals surface area contributed by atoms with Gasteiger partial charge in [0.15, 0.2) is 0 Å². The SMILES string of the molecule is CCC1CCN(C(=O)CCOc2ccccc2N)C1. The highest BCUT2D eigenvalue weighted by atomic mass is 16.5. The van der Waals surface area contributed by atoms with E-state index < -0.39 is 0 Å². The summed E-state index contributed by atoms with van der Waals surface area (Å²) in [6.45, 7) is 4.37. The summed E-state index contributed by atoms with van der Waals surface area (Å²) in [5.74, 6) is 1.52. The molecule has 0 aliphatic carbocycles. The minimum atomic E-state index is 0.186. The van der Waals surface area contributed by atoms with Crippen molar-refractivity contribution in [3.05, 3.63) is 24.3 Å². The number of hydrogen-bond donors (Lipinski definition) is 1. The van der Waals surface area contributed by atoms with Crippen LogP contribution in [-0.2, 0) is 4.79 Å². The summed E-state index contributed by atoms with van der Waals surface area (Å²) in [6.07, 6.45) is 2.71. The zero-order valence-electron chi connectivity index (χ0n) is 11.5. The van der Waals surface area contributed by atoms with Gasteiger partial charge in [0.05, 0.1) is 18.7 Å². The maximum absolute atomic E-state index is 12.0. The van der Waals surface area contributed by atoms with Crippen LogP contribution < -0.4 is 10.5 Å². The van der Waals surface area contributed by atoms with Crippen LogP contribution in [0, 0.1) is 5.92 Å². The van der Waals surface area contributed by atoms with Crippen LogP contribution in [0.4, 0.5) is 5.69 Å². The van der Waals surface area contributed by atoms with Crippen molar-refractivity contribution >= 4 is 11.6 Å². The average molecular weight is 262 g/mol. The lowest BCUT2D eigenvalue weighted by Crippen LogP contribution is -2.29. The normalized spacial score (nSPS) is 18.6. The number of amides is 1. The quantitative estimate of drug-likeness (QED) is 0.828. The third kappa shape index (κ3) is 3.63. The van der Waals surface area contributed by atoms with E-state index in [4.69, 9.17) is 10.5 Å². The molecule has 4 heteroatoms. The third-order valence-corrected chi connectivity index (χ3v) is 3.71. The molecule has 1 aromatic carbocycles. The van der Waals surface area contributed by atoms with Gasteiger partial charge in [-0.15, -0.1) is 0 Å². The number of carbonyl (C=O) groups excluding carboxylic acids is 1. The molecule has 2 rings (SSSR count). The predicted molar refractivity (Wildman–Crippen MR) is 75.9 cm³/mol. The monoisotopic (exact) mass is 262 g/mol. The number of hydrogen-bond acceptors (Lipinski definition) is 3. The van der Waals surface area contributed by atoms with Gasteiger partial charge in [0.2, 0.25) is 5.91 Å². The second-order valence-corrected chi connectivity index (χ2v) is 5.04. The van der Waals surface area contributed by atoms with Crippen LogP contribution >= 0.6 is 0 Å². The molecule has 1 heterocycles. The molecule has 0 saturated carbocycles. The zero-order valence-corrected chi connectivity index (χ0v) is 11.5. The molecule has 1 aliphatic heterocycles. The number of likely N-dealkylation sites (tertiary alicyclic amines) is 1. The van der Waals surface area contributed by atoms with E-state index in [2.05, 4.69) is 6.92 Å². The zero-order chi connectivity index (χ0) is 13.7. The molecule has 1 amide bonds. The van der Waals surface area contributed by atoms with E-state index in [-0.39, 0.29) is 5.91 Å². The summed E-state index contributed by atoms with van der Waals surface area (Å²) < 4.78 is 5.55. The fraction of sp³-hybridized carbons (Fsp3) is 0.533. The molecule has 1 saturated heterocycles. The number of nitrogens with zero attached hydrogens (tertiary/aromatic N) is 1. The number of anilines is 1. The summed E-state index contributed by atoms with van der Waals surface area (Å²) in [4.78, 5) is 13.9. The fourth-order valence-corrected chi connectivity index (χ4v) is 2.41. The molecule has 19 heavy (non-hydrogen) atoms. The van der Waals surface area contributed by atoms with E-state index >= 15 is 0 Å². The second-order valence-electron chi connectivity index (χ2n) is 5.04. The summed E-state index contributed by atoms with van der Waals surface area (Å²) in [5.41, 5.74) is 6.39. The van der Waals surface area contributed by atoms with Crippen molar-refractivity contribution in [2.45, 2.75) is 26.2 Å². The van der Waals surface area contributed by atoms with Crippen molar-refractivity contribution in [1.82, 2.24) is 4.90 Å². The van der Waals surface area contributed by atoms with E-state index in [1.807, 2.05) is 23.1 Å². The van der Waals surface area contributed by atoms with Crippen LogP contribution in [0.2, 0.25) is 0 Å². The van der Waals surface area contributed by atoms with E-state index in [1.54, 1.807) is 6.07 Å². The molecule has 0 radical (unpaired) electrons. The average Bonchev–Trinajstić information content (AvgIpc) is 2.90. The Hall–Kier alpha value is -1.71. The first-order chi connectivity index (χ1) is 9.20. The third-order valence-electron chi connectivity index (χ3n) is 3.71. The number of benzene rings is 1. The predicted octanol–water partition coefficient (Wildman–Crippen LogP) is 2.30. The topological polar surface area (TPSA) is 55.6 Å². The van der Waals surface area contributed by atoms with Gasteiger partial charge in [-0.25, -0.2) is 0 Å². The van der Waals surface area contributed by atoms with Crippen molar-refractivity contribution < 1.29 is 9.53 Å². The molecular formula is C15H22N2O2.